The van der Waals surface area contributed by atoms with Crippen molar-refractivity contribution in [1.82, 2.24) is 4.98 Å². The van der Waals surface area contributed by atoms with Crippen LogP contribution in [-0.2, 0) is 0 Å². The summed E-state index contributed by atoms with van der Waals surface area (Å²) in [5.41, 5.74) is 4.70. The van der Waals surface area contributed by atoms with Gasteiger partial charge >= 0.3 is 0 Å². The molecule has 0 unspecified atom stereocenters. The average molecular weight is 365 g/mol. The van der Waals surface area contributed by atoms with Gasteiger partial charge in [-0.2, -0.15) is 0 Å². The molecule has 0 atom stereocenters. The second-order valence-corrected chi connectivity index (χ2v) is 6.09. The lowest BCUT2D eigenvalue weighted by atomic mass is 10.1. The number of fused-ring (bicyclic) bond motifs is 1. The van der Waals surface area contributed by atoms with E-state index in [4.69, 9.17) is 0 Å². The highest BCUT2D eigenvalue weighted by molar-refractivity contribution is 9.11. The van der Waals surface area contributed by atoms with E-state index in [1.54, 1.807) is 0 Å². The maximum Gasteiger partial charge on any atom is 0.0609 e. The van der Waals surface area contributed by atoms with Crippen molar-refractivity contribution in [3.63, 3.8) is 0 Å². The van der Waals surface area contributed by atoms with Crippen LogP contribution in [0.2, 0.25) is 0 Å². The van der Waals surface area contributed by atoms with E-state index >= 15 is 0 Å². The van der Waals surface area contributed by atoms with Crippen molar-refractivity contribution >= 4 is 42.8 Å². The van der Waals surface area contributed by atoms with Crippen LogP contribution in [0.1, 0.15) is 5.56 Å². The second kappa shape index (κ2) is 4.56. The fourth-order valence-electron chi connectivity index (χ4n) is 2.19. The van der Waals surface area contributed by atoms with Gasteiger partial charge in [0.25, 0.3) is 0 Å². The van der Waals surface area contributed by atoms with Crippen LogP contribution in [0, 0.1) is 6.92 Å². The number of benzene rings is 2. The number of halogens is 2. The van der Waals surface area contributed by atoms with Crippen molar-refractivity contribution in [1.29, 1.82) is 0 Å². The van der Waals surface area contributed by atoms with Gasteiger partial charge in [-0.15, -0.1) is 0 Å². The minimum Gasteiger partial charge on any atom is -0.354 e. The monoisotopic (exact) mass is 363 g/mol. The summed E-state index contributed by atoms with van der Waals surface area (Å²) in [4.78, 5) is 3.47. The zero-order chi connectivity index (χ0) is 12.7. The SMILES string of the molecule is Cc1cc(Br)cc(-c2[nH]c3ccccc3c2Br)c1. The molecule has 3 heteroatoms. The Balaban J connectivity index is 2.28. The number of aromatic amines is 1. The first kappa shape index (κ1) is 12.0. The third-order valence-electron chi connectivity index (χ3n) is 2.97. The summed E-state index contributed by atoms with van der Waals surface area (Å²) in [5, 5.41) is 1.21. The molecule has 0 amide bonds. The van der Waals surface area contributed by atoms with E-state index in [0.29, 0.717) is 0 Å². The summed E-state index contributed by atoms with van der Waals surface area (Å²) in [7, 11) is 0. The maximum atomic E-state index is 3.69. The van der Waals surface area contributed by atoms with Gasteiger partial charge in [0.2, 0.25) is 0 Å². The smallest absolute Gasteiger partial charge is 0.0609 e. The molecule has 1 aromatic heterocycles. The summed E-state index contributed by atoms with van der Waals surface area (Å²) in [6.45, 7) is 2.10. The van der Waals surface area contributed by atoms with Crippen molar-refractivity contribution in [2.24, 2.45) is 0 Å². The molecule has 0 saturated carbocycles. The molecule has 3 rings (SSSR count). The lowest BCUT2D eigenvalue weighted by molar-refractivity contribution is 1.40. The molecule has 0 fully saturated rings. The quantitative estimate of drug-likeness (QED) is 0.572. The Morgan fingerprint density at radius 3 is 2.50 bits per heavy atom. The van der Waals surface area contributed by atoms with Crippen LogP contribution in [0.15, 0.2) is 51.4 Å². The lowest BCUT2D eigenvalue weighted by Crippen LogP contribution is -1.81. The summed E-state index contributed by atoms with van der Waals surface area (Å²) in [6.07, 6.45) is 0. The van der Waals surface area contributed by atoms with Gasteiger partial charge in [0.1, 0.15) is 0 Å². The highest BCUT2D eigenvalue weighted by Gasteiger charge is 2.11. The Labute approximate surface area is 122 Å². The van der Waals surface area contributed by atoms with Crippen LogP contribution in [0.5, 0.6) is 0 Å². The molecule has 0 spiro atoms. The topological polar surface area (TPSA) is 15.8 Å². The molecule has 0 saturated heterocycles. The third kappa shape index (κ3) is 2.02. The van der Waals surface area contributed by atoms with Gasteiger partial charge in [-0.25, -0.2) is 0 Å². The standard InChI is InChI=1S/C15H11Br2N/c1-9-6-10(8-11(16)7-9)15-14(17)12-4-2-3-5-13(12)18-15/h2-8,18H,1H3. The number of nitrogens with one attached hydrogen (secondary N) is 1. The predicted octanol–water partition coefficient (Wildman–Crippen LogP) is 5.67. The molecule has 1 heterocycles. The first-order valence-corrected chi connectivity index (χ1v) is 7.27. The minimum absolute atomic E-state index is 1.10. The molecule has 2 aromatic carbocycles. The van der Waals surface area contributed by atoms with E-state index < -0.39 is 0 Å². The van der Waals surface area contributed by atoms with E-state index in [2.05, 4.69) is 80.2 Å². The number of aromatic nitrogens is 1. The molecule has 1 nitrogen and oxygen atoms in total. The molecule has 0 aliphatic carbocycles. The zero-order valence-corrected chi connectivity index (χ0v) is 13.0. The first-order chi connectivity index (χ1) is 8.65. The van der Waals surface area contributed by atoms with Crippen LogP contribution in [-0.4, -0.2) is 4.98 Å². The molecule has 90 valence electrons. The summed E-state index contributed by atoms with van der Waals surface area (Å²) in [6, 6.07) is 14.7. The number of rotatable bonds is 1. The van der Waals surface area contributed by atoms with Crippen molar-refractivity contribution in [3.05, 3.63) is 57.0 Å². The largest absolute Gasteiger partial charge is 0.354 e. The van der Waals surface area contributed by atoms with Crippen molar-refractivity contribution < 1.29 is 0 Å². The van der Waals surface area contributed by atoms with Gasteiger partial charge in [-0.1, -0.05) is 34.1 Å². The molecule has 0 bridgehead atoms. The fourth-order valence-corrected chi connectivity index (χ4v) is 3.47. The summed E-state index contributed by atoms with van der Waals surface area (Å²) >= 11 is 7.24. The molecular formula is C15H11Br2N. The normalized spacial score (nSPS) is 11.1. The van der Waals surface area contributed by atoms with Crippen molar-refractivity contribution in [3.8, 4) is 11.3 Å². The van der Waals surface area contributed by atoms with Crippen molar-refractivity contribution in [2.75, 3.05) is 0 Å². The predicted molar refractivity (Wildman–Crippen MR) is 83.9 cm³/mol. The highest BCUT2D eigenvalue weighted by atomic mass is 79.9. The Kier molecular flexibility index (Phi) is 3.04. The number of para-hydroxylation sites is 1. The van der Waals surface area contributed by atoms with Gasteiger partial charge in [0, 0.05) is 20.9 Å². The van der Waals surface area contributed by atoms with Crippen LogP contribution in [0.25, 0.3) is 22.2 Å². The molecule has 0 radical (unpaired) electrons. The average Bonchev–Trinajstić information content (AvgIpc) is 2.66. The van der Waals surface area contributed by atoms with Gasteiger partial charge in [-0.05, 0) is 52.7 Å². The molecule has 0 aliphatic rings. The van der Waals surface area contributed by atoms with Gasteiger partial charge in [-0.3, -0.25) is 0 Å². The molecule has 18 heavy (non-hydrogen) atoms. The van der Waals surface area contributed by atoms with E-state index in [0.717, 1.165) is 20.2 Å². The number of hydrogen-bond acceptors (Lipinski definition) is 0. The van der Waals surface area contributed by atoms with Crippen LogP contribution in [0.3, 0.4) is 0 Å². The molecule has 0 aliphatic heterocycles. The highest BCUT2D eigenvalue weighted by Crippen LogP contribution is 2.35. The molecule has 1 N–H and O–H groups in total. The van der Waals surface area contributed by atoms with Gasteiger partial charge in [0.05, 0.1) is 10.2 Å². The Hall–Kier alpha value is -1.06. The Morgan fingerprint density at radius 2 is 1.78 bits per heavy atom. The minimum atomic E-state index is 1.10. The summed E-state index contributed by atoms with van der Waals surface area (Å²) < 4.78 is 2.22. The Morgan fingerprint density at radius 1 is 1.00 bits per heavy atom. The summed E-state index contributed by atoms with van der Waals surface area (Å²) in [5.74, 6) is 0. The van der Waals surface area contributed by atoms with Crippen molar-refractivity contribution in [2.45, 2.75) is 6.92 Å². The number of H-pyrrole nitrogens is 1. The Bertz CT molecular complexity index is 708. The van der Waals surface area contributed by atoms with Gasteiger partial charge < -0.3 is 4.98 Å². The van der Waals surface area contributed by atoms with Crippen LogP contribution in [0.4, 0.5) is 0 Å². The van der Waals surface area contributed by atoms with E-state index in [9.17, 15) is 0 Å². The fraction of sp³-hybridized carbons (Fsp3) is 0.0667. The molecular weight excluding hydrogens is 354 g/mol. The van der Waals surface area contributed by atoms with E-state index in [1.807, 2.05) is 6.07 Å². The second-order valence-electron chi connectivity index (χ2n) is 4.38. The third-order valence-corrected chi connectivity index (χ3v) is 4.25. The van der Waals surface area contributed by atoms with Gasteiger partial charge in [0.15, 0.2) is 0 Å². The van der Waals surface area contributed by atoms with Crippen LogP contribution >= 0.6 is 31.9 Å². The lowest BCUT2D eigenvalue weighted by Gasteiger charge is -2.03. The molecule has 3 aromatic rings. The van der Waals surface area contributed by atoms with E-state index in [-0.39, 0.29) is 0 Å². The maximum absolute atomic E-state index is 3.69. The van der Waals surface area contributed by atoms with E-state index in [1.165, 1.54) is 16.5 Å². The van der Waals surface area contributed by atoms with Crippen LogP contribution < -0.4 is 0 Å². The first-order valence-electron chi connectivity index (χ1n) is 5.69. The zero-order valence-electron chi connectivity index (χ0n) is 9.80. The number of aryl methyl sites for hydroxylation is 1. The number of hydrogen-bond donors (Lipinski definition) is 1.